The highest BCUT2D eigenvalue weighted by atomic mass is 32.2. The quantitative estimate of drug-likeness (QED) is 0.758. The van der Waals surface area contributed by atoms with Gasteiger partial charge in [0, 0.05) is 12.1 Å². The van der Waals surface area contributed by atoms with Crippen LogP contribution in [0.15, 0.2) is 24.3 Å². The summed E-state index contributed by atoms with van der Waals surface area (Å²) in [4.78, 5) is 10.3. The lowest BCUT2D eigenvalue weighted by Crippen LogP contribution is -2.27. The molecule has 0 saturated heterocycles. The predicted octanol–water partition coefficient (Wildman–Crippen LogP) is 0.589. The van der Waals surface area contributed by atoms with Crippen LogP contribution in [0.3, 0.4) is 0 Å². The van der Waals surface area contributed by atoms with Gasteiger partial charge in [-0.15, -0.1) is 0 Å². The smallest absolute Gasteiger partial charge is 0.304 e. The van der Waals surface area contributed by atoms with Crippen LogP contribution in [0.5, 0.6) is 5.75 Å². The second-order valence-corrected chi connectivity index (χ2v) is 5.52. The van der Waals surface area contributed by atoms with Crippen LogP contribution in [-0.2, 0) is 21.4 Å². The van der Waals surface area contributed by atoms with Gasteiger partial charge in [0.05, 0.1) is 19.3 Å². The van der Waals surface area contributed by atoms with E-state index in [-0.39, 0.29) is 6.54 Å². The van der Waals surface area contributed by atoms with Crippen molar-refractivity contribution < 1.29 is 23.1 Å². The Labute approximate surface area is 106 Å². The third kappa shape index (κ3) is 4.72. The molecule has 1 rings (SSSR count). The van der Waals surface area contributed by atoms with E-state index in [1.165, 1.54) is 7.11 Å². The number of sulfonamides is 1. The van der Waals surface area contributed by atoms with Gasteiger partial charge in [0.1, 0.15) is 5.75 Å². The number of hydrogen-bond donors (Lipinski definition) is 2. The Morgan fingerprint density at radius 3 is 2.67 bits per heavy atom. The number of carbonyl (C=O) groups is 1. The Morgan fingerprint density at radius 2 is 2.06 bits per heavy atom. The van der Waals surface area contributed by atoms with Crippen LogP contribution in [0.25, 0.3) is 0 Å². The SMILES string of the molecule is COc1ccccc1CNS(=O)(=O)CCC(=O)O. The van der Waals surface area contributed by atoms with Crippen molar-refractivity contribution in [2.75, 3.05) is 12.9 Å². The Morgan fingerprint density at radius 1 is 1.39 bits per heavy atom. The van der Waals surface area contributed by atoms with E-state index in [2.05, 4.69) is 4.72 Å². The minimum Gasteiger partial charge on any atom is -0.496 e. The summed E-state index contributed by atoms with van der Waals surface area (Å²) >= 11 is 0. The van der Waals surface area contributed by atoms with E-state index in [0.717, 1.165) is 0 Å². The van der Waals surface area contributed by atoms with E-state index in [1.807, 2.05) is 0 Å². The zero-order valence-electron chi connectivity index (χ0n) is 9.92. The van der Waals surface area contributed by atoms with Crippen LogP contribution in [0.1, 0.15) is 12.0 Å². The molecule has 0 radical (unpaired) electrons. The number of rotatable bonds is 7. The number of methoxy groups -OCH3 is 1. The van der Waals surface area contributed by atoms with Crippen LogP contribution >= 0.6 is 0 Å². The van der Waals surface area contributed by atoms with Gasteiger partial charge in [0.25, 0.3) is 0 Å². The molecular formula is C11H15NO5S. The first-order valence-electron chi connectivity index (χ1n) is 5.25. The minimum atomic E-state index is -3.59. The van der Waals surface area contributed by atoms with Crippen molar-refractivity contribution in [2.24, 2.45) is 0 Å². The standard InChI is InChI=1S/C11H15NO5S/c1-17-10-5-3-2-4-9(10)8-12-18(15,16)7-6-11(13)14/h2-5,12H,6-8H2,1H3,(H,13,14). The maximum Gasteiger partial charge on any atom is 0.304 e. The number of benzene rings is 1. The highest BCUT2D eigenvalue weighted by Crippen LogP contribution is 2.16. The van der Waals surface area contributed by atoms with Crippen molar-refractivity contribution in [3.63, 3.8) is 0 Å². The van der Waals surface area contributed by atoms with E-state index in [4.69, 9.17) is 9.84 Å². The number of nitrogens with one attached hydrogen (secondary N) is 1. The summed E-state index contributed by atoms with van der Waals surface area (Å²) in [7, 11) is -2.09. The summed E-state index contributed by atoms with van der Waals surface area (Å²) in [6.45, 7) is 0.0754. The molecule has 6 nitrogen and oxygen atoms in total. The van der Waals surface area contributed by atoms with Gasteiger partial charge in [-0.25, -0.2) is 13.1 Å². The second kappa shape index (κ2) is 6.36. The van der Waals surface area contributed by atoms with Gasteiger partial charge >= 0.3 is 5.97 Å². The van der Waals surface area contributed by atoms with Crippen molar-refractivity contribution in [3.05, 3.63) is 29.8 Å². The number of para-hydroxylation sites is 1. The second-order valence-electron chi connectivity index (χ2n) is 3.60. The molecule has 0 atom stereocenters. The maximum absolute atomic E-state index is 11.5. The molecule has 0 heterocycles. The average Bonchev–Trinajstić information content (AvgIpc) is 2.34. The molecule has 0 spiro atoms. The molecule has 1 aromatic rings. The van der Waals surface area contributed by atoms with Gasteiger partial charge in [-0.1, -0.05) is 18.2 Å². The molecule has 0 amide bonds. The molecule has 1 aromatic carbocycles. The molecule has 0 saturated carbocycles. The lowest BCUT2D eigenvalue weighted by atomic mass is 10.2. The van der Waals surface area contributed by atoms with Crippen molar-refractivity contribution in [1.82, 2.24) is 4.72 Å². The molecule has 0 unspecified atom stereocenters. The van der Waals surface area contributed by atoms with Gasteiger partial charge in [-0.05, 0) is 6.07 Å². The van der Waals surface area contributed by atoms with Crippen molar-refractivity contribution in [2.45, 2.75) is 13.0 Å². The first kappa shape index (κ1) is 14.5. The molecule has 2 N–H and O–H groups in total. The lowest BCUT2D eigenvalue weighted by molar-refractivity contribution is -0.136. The molecule has 0 bridgehead atoms. The predicted molar refractivity (Wildman–Crippen MR) is 65.9 cm³/mol. The fourth-order valence-electron chi connectivity index (χ4n) is 1.33. The van der Waals surface area contributed by atoms with E-state index >= 15 is 0 Å². The molecule has 0 fully saturated rings. The molecule has 7 heteroatoms. The summed E-state index contributed by atoms with van der Waals surface area (Å²) in [5, 5.41) is 8.43. The van der Waals surface area contributed by atoms with Gasteiger partial charge in [-0.2, -0.15) is 0 Å². The molecule has 0 aliphatic rings. The molecule has 100 valence electrons. The number of carboxylic acid groups (broad SMARTS) is 1. The van der Waals surface area contributed by atoms with Gasteiger partial charge in [0.15, 0.2) is 0 Å². The van der Waals surface area contributed by atoms with Crippen LogP contribution < -0.4 is 9.46 Å². The summed E-state index contributed by atoms with van der Waals surface area (Å²) in [6, 6.07) is 7.00. The van der Waals surface area contributed by atoms with E-state index in [0.29, 0.717) is 11.3 Å². The first-order chi connectivity index (χ1) is 8.44. The fourth-order valence-corrected chi connectivity index (χ4v) is 2.29. The summed E-state index contributed by atoms with van der Waals surface area (Å²) in [6.07, 6.45) is -0.415. The van der Waals surface area contributed by atoms with Crippen molar-refractivity contribution in [3.8, 4) is 5.75 Å². The van der Waals surface area contributed by atoms with Crippen LogP contribution in [0.2, 0.25) is 0 Å². The highest BCUT2D eigenvalue weighted by Gasteiger charge is 2.13. The number of aliphatic carboxylic acids is 1. The van der Waals surface area contributed by atoms with Crippen LogP contribution in [-0.4, -0.2) is 32.4 Å². The van der Waals surface area contributed by atoms with Gasteiger partial charge in [-0.3, -0.25) is 4.79 Å². The summed E-state index contributed by atoms with van der Waals surface area (Å²) in [5.41, 5.74) is 0.693. The summed E-state index contributed by atoms with van der Waals surface area (Å²) in [5.74, 6) is -0.992. The molecular weight excluding hydrogens is 258 g/mol. The van der Waals surface area contributed by atoms with Gasteiger partial charge < -0.3 is 9.84 Å². The Balaban J connectivity index is 2.61. The minimum absolute atomic E-state index is 0.0754. The number of carboxylic acids is 1. The topological polar surface area (TPSA) is 92.7 Å². The first-order valence-corrected chi connectivity index (χ1v) is 6.91. The number of ether oxygens (including phenoxy) is 1. The zero-order valence-corrected chi connectivity index (χ0v) is 10.7. The largest absolute Gasteiger partial charge is 0.496 e. The van der Waals surface area contributed by atoms with Crippen molar-refractivity contribution >= 4 is 16.0 Å². The normalized spacial score (nSPS) is 11.2. The molecule has 0 aliphatic heterocycles. The van der Waals surface area contributed by atoms with Gasteiger partial charge in [0.2, 0.25) is 10.0 Å². The fraction of sp³-hybridized carbons (Fsp3) is 0.364. The summed E-state index contributed by atoms with van der Waals surface area (Å²) < 4.78 is 30.4. The Bertz CT molecular complexity index is 512. The zero-order chi connectivity index (χ0) is 13.6. The highest BCUT2D eigenvalue weighted by molar-refractivity contribution is 7.89. The molecule has 0 aliphatic carbocycles. The lowest BCUT2D eigenvalue weighted by Gasteiger charge is -2.09. The van der Waals surface area contributed by atoms with E-state index in [1.54, 1.807) is 24.3 Å². The Hall–Kier alpha value is -1.60. The van der Waals surface area contributed by atoms with Crippen LogP contribution in [0, 0.1) is 0 Å². The average molecular weight is 273 g/mol. The Kier molecular flexibility index (Phi) is 5.11. The third-order valence-corrected chi connectivity index (χ3v) is 3.59. The monoisotopic (exact) mass is 273 g/mol. The van der Waals surface area contributed by atoms with E-state index < -0.39 is 28.2 Å². The van der Waals surface area contributed by atoms with Crippen LogP contribution in [0.4, 0.5) is 0 Å². The van der Waals surface area contributed by atoms with Crippen molar-refractivity contribution in [1.29, 1.82) is 0 Å². The third-order valence-electron chi connectivity index (χ3n) is 2.26. The number of hydrogen-bond acceptors (Lipinski definition) is 4. The molecule has 18 heavy (non-hydrogen) atoms. The van der Waals surface area contributed by atoms with E-state index in [9.17, 15) is 13.2 Å². The maximum atomic E-state index is 11.5. The molecule has 0 aromatic heterocycles.